The molecule has 5 nitrogen and oxygen atoms in total. The van der Waals surface area contributed by atoms with Gasteiger partial charge in [-0.2, -0.15) is 0 Å². The summed E-state index contributed by atoms with van der Waals surface area (Å²) in [5.74, 6) is 1.54. The Morgan fingerprint density at radius 1 is 1.56 bits per heavy atom. The molecule has 18 heavy (non-hydrogen) atoms. The van der Waals surface area contributed by atoms with Crippen LogP contribution in [0.1, 0.15) is 25.8 Å². The third-order valence-corrected chi connectivity index (χ3v) is 3.70. The molecule has 2 rings (SSSR count). The molecule has 0 bridgehead atoms. The average Bonchev–Trinajstić information content (AvgIpc) is 2.39. The summed E-state index contributed by atoms with van der Waals surface area (Å²) in [6, 6.07) is 0.524. The van der Waals surface area contributed by atoms with E-state index >= 15 is 0 Å². The van der Waals surface area contributed by atoms with Gasteiger partial charge in [-0.05, 0) is 29.8 Å². The smallest absolute Gasteiger partial charge is 0.160 e. The summed E-state index contributed by atoms with van der Waals surface area (Å²) in [6.45, 7) is 6.96. The number of nitrogens with zero attached hydrogens (tertiary/aromatic N) is 3. The molecule has 1 unspecified atom stereocenters. The van der Waals surface area contributed by atoms with Crippen LogP contribution in [0.15, 0.2) is 10.7 Å². The highest BCUT2D eigenvalue weighted by Crippen LogP contribution is 2.24. The Balaban J connectivity index is 2.15. The second kappa shape index (κ2) is 5.95. The SMILES string of the molecule is CNc1nc(C2CN(C(C)C)CCO2)ncc1Br. The fourth-order valence-electron chi connectivity index (χ4n) is 2.01. The van der Waals surface area contributed by atoms with Gasteiger partial charge in [-0.25, -0.2) is 9.97 Å². The van der Waals surface area contributed by atoms with Crippen molar-refractivity contribution < 1.29 is 4.74 Å². The summed E-state index contributed by atoms with van der Waals surface area (Å²) < 4.78 is 6.64. The predicted molar refractivity (Wildman–Crippen MR) is 74.7 cm³/mol. The minimum Gasteiger partial charge on any atom is -0.372 e. The third-order valence-electron chi connectivity index (χ3n) is 3.12. The summed E-state index contributed by atoms with van der Waals surface area (Å²) in [5.41, 5.74) is 0. The molecule has 2 heterocycles. The van der Waals surface area contributed by atoms with Crippen LogP contribution in [0.25, 0.3) is 0 Å². The lowest BCUT2D eigenvalue weighted by atomic mass is 10.2. The van der Waals surface area contributed by atoms with Gasteiger partial charge in [0, 0.05) is 32.4 Å². The molecule has 0 amide bonds. The molecule has 1 aromatic rings. The van der Waals surface area contributed by atoms with Crippen molar-refractivity contribution in [1.82, 2.24) is 14.9 Å². The summed E-state index contributed by atoms with van der Waals surface area (Å²) in [7, 11) is 1.85. The van der Waals surface area contributed by atoms with Gasteiger partial charge in [0.25, 0.3) is 0 Å². The number of hydrogen-bond acceptors (Lipinski definition) is 5. The van der Waals surface area contributed by atoms with Crippen molar-refractivity contribution in [3.63, 3.8) is 0 Å². The fraction of sp³-hybridized carbons (Fsp3) is 0.667. The highest BCUT2D eigenvalue weighted by Gasteiger charge is 2.25. The van der Waals surface area contributed by atoms with Gasteiger partial charge < -0.3 is 10.1 Å². The van der Waals surface area contributed by atoms with Gasteiger partial charge in [-0.3, -0.25) is 4.90 Å². The van der Waals surface area contributed by atoms with Crippen LogP contribution in [0.4, 0.5) is 5.82 Å². The van der Waals surface area contributed by atoms with Crippen molar-refractivity contribution >= 4 is 21.7 Å². The van der Waals surface area contributed by atoms with Crippen LogP contribution in [0.2, 0.25) is 0 Å². The second-order valence-electron chi connectivity index (χ2n) is 4.62. The van der Waals surface area contributed by atoms with Crippen LogP contribution >= 0.6 is 15.9 Å². The Kier molecular flexibility index (Phi) is 4.53. The molecule has 0 spiro atoms. The summed E-state index contributed by atoms with van der Waals surface area (Å²) in [6.07, 6.45) is 1.73. The van der Waals surface area contributed by atoms with E-state index < -0.39 is 0 Å². The number of ether oxygens (including phenoxy) is 1. The first-order valence-electron chi connectivity index (χ1n) is 6.17. The van der Waals surface area contributed by atoms with Gasteiger partial charge in [-0.15, -0.1) is 0 Å². The highest BCUT2D eigenvalue weighted by atomic mass is 79.9. The molecule has 1 saturated heterocycles. The fourth-order valence-corrected chi connectivity index (χ4v) is 2.39. The predicted octanol–water partition coefficient (Wildman–Crippen LogP) is 2.06. The van der Waals surface area contributed by atoms with Gasteiger partial charge in [0.15, 0.2) is 5.82 Å². The Morgan fingerprint density at radius 3 is 3.00 bits per heavy atom. The van der Waals surface area contributed by atoms with E-state index in [1.165, 1.54) is 0 Å². The van der Waals surface area contributed by atoms with Gasteiger partial charge >= 0.3 is 0 Å². The molecular formula is C12H19BrN4O. The first-order valence-corrected chi connectivity index (χ1v) is 6.97. The number of morpholine rings is 1. The molecule has 0 saturated carbocycles. The maximum Gasteiger partial charge on any atom is 0.160 e. The number of halogens is 1. The van der Waals surface area contributed by atoms with E-state index in [0.29, 0.717) is 6.04 Å². The molecule has 1 N–H and O–H groups in total. The van der Waals surface area contributed by atoms with Crippen LogP contribution in [0.5, 0.6) is 0 Å². The Morgan fingerprint density at radius 2 is 2.33 bits per heavy atom. The Bertz CT molecular complexity index is 413. The van der Waals surface area contributed by atoms with Crippen molar-refractivity contribution in [3.8, 4) is 0 Å². The van der Waals surface area contributed by atoms with E-state index in [1.54, 1.807) is 6.20 Å². The van der Waals surface area contributed by atoms with Crippen LogP contribution < -0.4 is 5.32 Å². The zero-order valence-electron chi connectivity index (χ0n) is 11.0. The quantitative estimate of drug-likeness (QED) is 0.925. The van der Waals surface area contributed by atoms with E-state index in [0.717, 1.165) is 35.8 Å². The summed E-state index contributed by atoms with van der Waals surface area (Å²) >= 11 is 3.41. The van der Waals surface area contributed by atoms with Gasteiger partial charge in [-0.1, -0.05) is 0 Å². The molecule has 0 aromatic carbocycles. The van der Waals surface area contributed by atoms with E-state index in [4.69, 9.17) is 4.74 Å². The lowest BCUT2D eigenvalue weighted by Gasteiger charge is -2.34. The van der Waals surface area contributed by atoms with Gasteiger partial charge in [0.2, 0.25) is 0 Å². The molecule has 0 radical (unpaired) electrons. The molecule has 1 atom stereocenters. The zero-order chi connectivity index (χ0) is 13.1. The molecule has 1 aliphatic rings. The average molecular weight is 315 g/mol. The Hall–Kier alpha value is -0.720. The highest BCUT2D eigenvalue weighted by molar-refractivity contribution is 9.10. The lowest BCUT2D eigenvalue weighted by molar-refractivity contribution is -0.0442. The molecule has 100 valence electrons. The first-order chi connectivity index (χ1) is 8.61. The van der Waals surface area contributed by atoms with Gasteiger partial charge in [0.1, 0.15) is 11.9 Å². The zero-order valence-corrected chi connectivity index (χ0v) is 12.6. The van der Waals surface area contributed by atoms with E-state index in [1.807, 2.05) is 7.05 Å². The van der Waals surface area contributed by atoms with Crippen molar-refractivity contribution in [2.24, 2.45) is 0 Å². The third kappa shape index (κ3) is 2.99. The normalized spacial score (nSPS) is 21.3. The van der Waals surface area contributed by atoms with E-state index in [9.17, 15) is 0 Å². The van der Waals surface area contributed by atoms with E-state index in [2.05, 4.69) is 50.0 Å². The maximum absolute atomic E-state index is 5.77. The molecule has 1 fully saturated rings. The molecule has 1 aromatic heterocycles. The molecular weight excluding hydrogens is 296 g/mol. The second-order valence-corrected chi connectivity index (χ2v) is 5.48. The number of nitrogens with one attached hydrogen (secondary N) is 1. The lowest BCUT2D eigenvalue weighted by Crippen LogP contribution is -2.42. The van der Waals surface area contributed by atoms with E-state index in [-0.39, 0.29) is 6.10 Å². The maximum atomic E-state index is 5.77. The number of rotatable bonds is 3. The molecule has 6 heteroatoms. The minimum absolute atomic E-state index is 0.0404. The first kappa shape index (κ1) is 13.7. The number of hydrogen-bond donors (Lipinski definition) is 1. The largest absolute Gasteiger partial charge is 0.372 e. The van der Waals surface area contributed by atoms with Crippen LogP contribution in [-0.4, -0.2) is 47.7 Å². The monoisotopic (exact) mass is 314 g/mol. The van der Waals surface area contributed by atoms with Crippen molar-refractivity contribution in [2.45, 2.75) is 26.0 Å². The van der Waals surface area contributed by atoms with Gasteiger partial charge in [0.05, 0.1) is 11.1 Å². The number of anilines is 1. The van der Waals surface area contributed by atoms with Crippen molar-refractivity contribution in [2.75, 3.05) is 32.1 Å². The topological polar surface area (TPSA) is 50.3 Å². The Labute approximate surface area is 116 Å². The number of aromatic nitrogens is 2. The minimum atomic E-state index is -0.0404. The van der Waals surface area contributed by atoms with Crippen LogP contribution in [0, 0.1) is 0 Å². The molecule has 1 aliphatic heterocycles. The van der Waals surface area contributed by atoms with Crippen LogP contribution in [0.3, 0.4) is 0 Å². The van der Waals surface area contributed by atoms with Crippen molar-refractivity contribution in [1.29, 1.82) is 0 Å². The van der Waals surface area contributed by atoms with Crippen LogP contribution in [-0.2, 0) is 4.74 Å². The standard InChI is InChI=1S/C12H19BrN4O/c1-8(2)17-4-5-18-10(7-17)12-15-6-9(13)11(14-3)16-12/h6,8,10H,4-5,7H2,1-3H3,(H,14,15,16). The van der Waals surface area contributed by atoms with Crippen molar-refractivity contribution in [3.05, 3.63) is 16.5 Å². The summed E-state index contributed by atoms with van der Waals surface area (Å²) in [5, 5.41) is 3.04. The summed E-state index contributed by atoms with van der Waals surface area (Å²) in [4.78, 5) is 11.2. The molecule has 0 aliphatic carbocycles.